The molecule has 0 aromatic rings. The van der Waals surface area contributed by atoms with E-state index in [0.717, 1.165) is 18.9 Å². The molecule has 88 valence electrons. The molecule has 1 aliphatic carbocycles. The van der Waals surface area contributed by atoms with Gasteiger partial charge >= 0.3 is 0 Å². The van der Waals surface area contributed by atoms with E-state index in [-0.39, 0.29) is 5.91 Å². The van der Waals surface area contributed by atoms with Crippen molar-refractivity contribution in [2.45, 2.75) is 64.6 Å². The number of carbonyl (C=O) groups is 1. The number of hydrogen-bond acceptors (Lipinski definition) is 2. The van der Waals surface area contributed by atoms with Crippen molar-refractivity contribution in [3.05, 3.63) is 0 Å². The summed E-state index contributed by atoms with van der Waals surface area (Å²) in [4.78, 5) is 13.3. The number of carbonyl (C=O) groups excluding carboxylic acids is 1. The molecule has 2 unspecified atom stereocenters. The van der Waals surface area contributed by atoms with Gasteiger partial charge in [-0.15, -0.1) is 0 Å². The van der Waals surface area contributed by atoms with E-state index in [1.165, 1.54) is 12.8 Å². The Morgan fingerprint density at radius 2 is 2.00 bits per heavy atom. The highest BCUT2D eigenvalue weighted by molar-refractivity contribution is 5.73. The van der Waals surface area contributed by atoms with E-state index < -0.39 is 0 Å². The van der Waals surface area contributed by atoms with Gasteiger partial charge in [-0.05, 0) is 46.6 Å². The second-order valence-corrected chi connectivity index (χ2v) is 4.92. The van der Waals surface area contributed by atoms with Crippen molar-refractivity contribution in [1.82, 2.24) is 10.2 Å². The smallest absolute Gasteiger partial charge is 0.217 e. The van der Waals surface area contributed by atoms with Gasteiger partial charge in [-0.3, -0.25) is 4.79 Å². The number of amides is 1. The summed E-state index contributed by atoms with van der Waals surface area (Å²) >= 11 is 0. The number of nitrogens with one attached hydrogen (secondary N) is 1. The molecule has 1 N–H and O–H groups in total. The van der Waals surface area contributed by atoms with Gasteiger partial charge < -0.3 is 10.2 Å². The Morgan fingerprint density at radius 3 is 2.47 bits per heavy atom. The number of rotatable bonds is 6. The molecule has 0 saturated heterocycles. The van der Waals surface area contributed by atoms with Gasteiger partial charge in [0.15, 0.2) is 0 Å². The summed E-state index contributed by atoms with van der Waals surface area (Å²) in [6.45, 7) is 5.93. The number of hydrogen-bond donors (Lipinski definition) is 1. The van der Waals surface area contributed by atoms with Crippen LogP contribution >= 0.6 is 0 Å². The van der Waals surface area contributed by atoms with Gasteiger partial charge in [0.05, 0.1) is 0 Å². The predicted molar refractivity (Wildman–Crippen MR) is 62.8 cm³/mol. The monoisotopic (exact) mass is 212 g/mol. The van der Waals surface area contributed by atoms with E-state index >= 15 is 0 Å². The van der Waals surface area contributed by atoms with Crippen LogP contribution in [0.3, 0.4) is 0 Å². The normalized spacial score (nSPS) is 20.1. The first kappa shape index (κ1) is 12.5. The molecule has 0 aromatic carbocycles. The van der Waals surface area contributed by atoms with Crippen LogP contribution in [-0.2, 0) is 4.79 Å². The van der Waals surface area contributed by atoms with Crippen LogP contribution in [0.2, 0.25) is 0 Å². The van der Waals surface area contributed by atoms with Crippen molar-refractivity contribution in [2.75, 3.05) is 7.05 Å². The zero-order chi connectivity index (χ0) is 11.4. The van der Waals surface area contributed by atoms with Crippen molar-refractivity contribution in [3.8, 4) is 0 Å². The van der Waals surface area contributed by atoms with E-state index in [2.05, 4.69) is 31.1 Å². The van der Waals surface area contributed by atoms with E-state index in [1.807, 2.05) is 0 Å². The lowest BCUT2D eigenvalue weighted by Crippen LogP contribution is -2.35. The topological polar surface area (TPSA) is 32.3 Å². The first-order chi connectivity index (χ1) is 7.00. The fraction of sp³-hybridized carbons (Fsp3) is 0.917. The second-order valence-electron chi connectivity index (χ2n) is 4.92. The first-order valence-corrected chi connectivity index (χ1v) is 5.99. The van der Waals surface area contributed by atoms with Crippen molar-refractivity contribution >= 4 is 5.91 Å². The minimum absolute atomic E-state index is 0.0747. The maximum atomic E-state index is 10.8. The second kappa shape index (κ2) is 5.50. The third-order valence-electron chi connectivity index (χ3n) is 3.29. The Balaban J connectivity index is 2.14. The minimum atomic E-state index is 0.0747. The lowest BCUT2D eigenvalue weighted by Gasteiger charge is -2.25. The molecule has 0 radical (unpaired) electrons. The largest absolute Gasteiger partial charge is 0.354 e. The average molecular weight is 212 g/mol. The quantitative estimate of drug-likeness (QED) is 0.728. The molecular formula is C12H24N2O. The number of nitrogens with zero attached hydrogens (tertiary/aromatic N) is 1. The summed E-state index contributed by atoms with van der Waals surface area (Å²) in [7, 11) is 2.21. The van der Waals surface area contributed by atoms with Crippen LogP contribution in [-0.4, -0.2) is 36.0 Å². The zero-order valence-corrected chi connectivity index (χ0v) is 10.4. The predicted octanol–water partition coefficient (Wildman–Crippen LogP) is 1.77. The summed E-state index contributed by atoms with van der Waals surface area (Å²) in [6, 6.07) is 1.77. The molecule has 3 nitrogen and oxygen atoms in total. The molecule has 0 spiro atoms. The molecule has 1 rings (SSSR count). The summed E-state index contributed by atoms with van der Waals surface area (Å²) < 4.78 is 0. The van der Waals surface area contributed by atoms with Crippen LogP contribution < -0.4 is 5.32 Å². The van der Waals surface area contributed by atoms with Crippen LogP contribution in [0, 0.1) is 0 Å². The highest BCUT2D eigenvalue weighted by Crippen LogP contribution is 2.28. The molecule has 3 heteroatoms. The SMILES string of the molecule is CC(=O)NC(C)CCC(C)N(C)C1CC1. The molecule has 1 fully saturated rings. The van der Waals surface area contributed by atoms with Crippen molar-refractivity contribution < 1.29 is 4.79 Å². The standard InChI is InChI=1S/C12H24N2O/c1-9(13-11(3)15)5-6-10(2)14(4)12-7-8-12/h9-10,12H,5-8H2,1-4H3,(H,13,15). The van der Waals surface area contributed by atoms with Gasteiger partial charge in [0.1, 0.15) is 0 Å². The summed E-state index contributed by atoms with van der Waals surface area (Å²) in [5.41, 5.74) is 0. The molecule has 0 aromatic heterocycles. The van der Waals surface area contributed by atoms with Gasteiger partial charge in [-0.1, -0.05) is 0 Å². The fourth-order valence-electron chi connectivity index (χ4n) is 1.96. The van der Waals surface area contributed by atoms with E-state index in [9.17, 15) is 4.79 Å². The molecular weight excluding hydrogens is 188 g/mol. The maximum absolute atomic E-state index is 10.8. The molecule has 15 heavy (non-hydrogen) atoms. The van der Waals surface area contributed by atoms with Gasteiger partial charge in [0, 0.05) is 25.0 Å². The first-order valence-electron chi connectivity index (χ1n) is 5.99. The van der Waals surface area contributed by atoms with Crippen LogP contribution in [0.5, 0.6) is 0 Å². The fourth-order valence-corrected chi connectivity index (χ4v) is 1.96. The van der Waals surface area contributed by atoms with Gasteiger partial charge in [0.25, 0.3) is 0 Å². The summed E-state index contributed by atoms with van der Waals surface area (Å²) in [5.74, 6) is 0.0747. The molecule has 1 amide bonds. The third-order valence-corrected chi connectivity index (χ3v) is 3.29. The summed E-state index contributed by atoms with van der Waals surface area (Å²) in [6.07, 6.45) is 4.95. The van der Waals surface area contributed by atoms with Crippen LogP contribution in [0.4, 0.5) is 0 Å². The van der Waals surface area contributed by atoms with Crippen LogP contribution in [0.15, 0.2) is 0 Å². The highest BCUT2D eigenvalue weighted by Gasteiger charge is 2.28. The summed E-state index contributed by atoms with van der Waals surface area (Å²) in [5, 5.41) is 2.92. The maximum Gasteiger partial charge on any atom is 0.217 e. The molecule has 1 aliphatic rings. The molecule has 1 saturated carbocycles. The Kier molecular flexibility index (Phi) is 4.58. The zero-order valence-electron chi connectivity index (χ0n) is 10.4. The molecule has 0 heterocycles. The molecule has 2 atom stereocenters. The van der Waals surface area contributed by atoms with Gasteiger partial charge in [-0.25, -0.2) is 0 Å². The van der Waals surface area contributed by atoms with E-state index in [1.54, 1.807) is 6.92 Å². The Bertz CT molecular complexity index is 214. The Labute approximate surface area is 93.2 Å². The van der Waals surface area contributed by atoms with E-state index in [0.29, 0.717) is 12.1 Å². The van der Waals surface area contributed by atoms with Crippen molar-refractivity contribution in [2.24, 2.45) is 0 Å². The van der Waals surface area contributed by atoms with Crippen LogP contribution in [0.25, 0.3) is 0 Å². The van der Waals surface area contributed by atoms with E-state index in [4.69, 9.17) is 0 Å². The van der Waals surface area contributed by atoms with Gasteiger partial charge in [0.2, 0.25) is 5.91 Å². The molecule has 0 aliphatic heterocycles. The van der Waals surface area contributed by atoms with Crippen LogP contribution in [0.1, 0.15) is 46.5 Å². The highest BCUT2D eigenvalue weighted by atomic mass is 16.1. The van der Waals surface area contributed by atoms with Crippen molar-refractivity contribution in [3.63, 3.8) is 0 Å². The molecule has 0 bridgehead atoms. The Morgan fingerprint density at radius 1 is 1.40 bits per heavy atom. The lowest BCUT2D eigenvalue weighted by atomic mass is 10.1. The van der Waals surface area contributed by atoms with Crippen molar-refractivity contribution in [1.29, 1.82) is 0 Å². The minimum Gasteiger partial charge on any atom is -0.354 e. The third kappa shape index (κ3) is 4.65. The van der Waals surface area contributed by atoms with Gasteiger partial charge in [-0.2, -0.15) is 0 Å². The average Bonchev–Trinajstić information content (AvgIpc) is 2.95. The lowest BCUT2D eigenvalue weighted by molar-refractivity contribution is -0.119. The Hall–Kier alpha value is -0.570.